The fourth-order valence-electron chi connectivity index (χ4n) is 3.31. The summed E-state index contributed by atoms with van der Waals surface area (Å²) in [7, 11) is 1.63. The molecule has 0 aromatic heterocycles. The van der Waals surface area contributed by atoms with E-state index in [1.165, 1.54) is 0 Å². The molecule has 1 saturated heterocycles. The van der Waals surface area contributed by atoms with Crippen molar-refractivity contribution in [2.24, 2.45) is 0 Å². The zero-order valence-electron chi connectivity index (χ0n) is 17.1. The lowest BCUT2D eigenvalue weighted by atomic mass is 10.2. The summed E-state index contributed by atoms with van der Waals surface area (Å²) in [5.41, 5.74) is 1.52. The van der Waals surface area contributed by atoms with Crippen molar-refractivity contribution >= 4 is 34.9 Å². The van der Waals surface area contributed by atoms with E-state index >= 15 is 0 Å². The molecule has 1 fully saturated rings. The number of morpholine rings is 1. The summed E-state index contributed by atoms with van der Waals surface area (Å²) in [6, 6.07) is 12.7. The minimum atomic E-state index is -0.211. The number of benzene rings is 2. The standard InChI is InChI=1S/C22H27Cl2N3O3/c1-29-18-8-6-17(7-9-18)16-27(11-3-10-26-12-14-30-15-13-26)22(28)25-20-5-2-4-19(23)21(20)24/h2,4-9H,3,10-16H2,1H3,(H,25,28). The number of methoxy groups -OCH3 is 1. The Morgan fingerprint density at radius 2 is 1.90 bits per heavy atom. The number of rotatable bonds is 8. The lowest BCUT2D eigenvalue weighted by Crippen LogP contribution is -2.40. The summed E-state index contributed by atoms with van der Waals surface area (Å²) < 4.78 is 10.6. The third-order valence-electron chi connectivity index (χ3n) is 5.02. The number of urea groups is 1. The van der Waals surface area contributed by atoms with Gasteiger partial charge in [-0.3, -0.25) is 4.90 Å². The van der Waals surface area contributed by atoms with Crippen molar-refractivity contribution < 1.29 is 14.3 Å². The first-order valence-electron chi connectivity index (χ1n) is 10.00. The number of carbonyl (C=O) groups is 1. The predicted octanol–water partition coefficient (Wildman–Crippen LogP) is 4.76. The van der Waals surface area contributed by atoms with Crippen LogP contribution in [0.25, 0.3) is 0 Å². The molecule has 1 N–H and O–H groups in total. The summed E-state index contributed by atoms with van der Waals surface area (Å²) in [4.78, 5) is 17.2. The van der Waals surface area contributed by atoms with E-state index in [1.807, 2.05) is 24.3 Å². The lowest BCUT2D eigenvalue weighted by Gasteiger charge is -2.28. The molecule has 2 amide bonds. The van der Waals surface area contributed by atoms with E-state index in [4.69, 9.17) is 32.7 Å². The summed E-state index contributed by atoms with van der Waals surface area (Å²) in [5, 5.41) is 3.64. The normalized spacial score (nSPS) is 14.4. The van der Waals surface area contributed by atoms with Crippen LogP contribution in [0.2, 0.25) is 10.0 Å². The highest BCUT2D eigenvalue weighted by molar-refractivity contribution is 6.43. The number of nitrogens with one attached hydrogen (secondary N) is 1. The molecule has 2 aromatic rings. The van der Waals surface area contributed by atoms with Gasteiger partial charge in [0.25, 0.3) is 0 Å². The molecule has 0 radical (unpaired) electrons. The van der Waals surface area contributed by atoms with Crippen LogP contribution >= 0.6 is 23.2 Å². The monoisotopic (exact) mass is 451 g/mol. The second kappa shape index (κ2) is 11.4. The Kier molecular flexibility index (Phi) is 8.63. The Hall–Kier alpha value is -1.99. The molecule has 3 rings (SSSR count). The third-order valence-corrected chi connectivity index (χ3v) is 5.84. The zero-order chi connectivity index (χ0) is 21.3. The quantitative estimate of drug-likeness (QED) is 0.628. The van der Waals surface area contributed by atoms with Crippen LogP contribution in [0.4, 0.5) is 10.5 Å². The van der Waals surface area contributed by atoms with Gasteiger partial charge in [0.05, 0.1) is 36.1 Å². The minimum absolute atomic E-state index is 0.211. The van der Waals surface area contributed by atoms with Gasteiger partial charge >= 0.3 is 6.03 Å². The highest BCUT2D eigenvalue weighted by atomic mass is 35.5. The topological polar surface area (TPSA) is 54.0 Å². The highest BCUT2D eigenvalue weighted by Gasteiger charge is 2.17. The number of ether oxygens (including phenoxy) is 2. The van der Waals surface area contributed by atoms with Crippen LogP contribution in [-0.2, 0) is 11.3 Å². The molecular weight excluding hydrogens is 425 g/mol. The molecule has 0 atom stereocenters. The van der Waals surface area contributed by atoms with Gasteiger partial charge in [-0.25, -0.2) is 4.79 Å². The third kappa shape index (κ3) is 6.51. The maximum absolute atomic E-state index is 13.0. The van der Waals surface area contributed by atoms with E-state index in [-0.39, 0.29) is 6.03 Å². The number of amides is 2. The number of carbonyl (C=O) groups excluding carboxylic acids is 1. The van der Waals surface area contributed by atoms with Crippen LogP contribution in [0, 0.1) is 0 Å². The zero-order valence-corrected chi connectivity index (χ0v) is 18.6. The SMILES string of the molecule is COc1ccc(CN(CCCN2CCOCC2)C(=O)Nc2cccc(Cl)c2Cl)cc1. The number of nitrogens with zero attached hydrogens (tertiary/aromatic N) is 2. The van der Waals surface area contributed by atoms with E-state index in [0.29, 0.717) is 28.8 Å². The molecule has 1 aliphatic heterocycles. The predicted molar refractivity (Wildman–Crippen MR) is 121 cm³/mol. The van der Waals surface area contributed by atoms with Crippen molar-refractivity contribution in [1.82, 2.24) is 9.80 Å². The second-order valence-corrected chi connectivity index (χ2v) is 7.89. The van der Waals surface area contributed by atoms with Crippen molar-refractivity contribution in [3.63, 3.8) is 0 Å². The Morgan fingerprint density at radius 3 is 2.60 bits per heavy atom. The Bertz CT molecular complexity index is 827. The fraction of sp³-hybridized carbons (Fsp3) is 0.409. The van der Waals surface area contributed by atoms with Gasteiger partial charge in [-0.1, -0.05) is 41.4 Å². The second-order valence-electron chi connectivity index (χ2n) is 7.11. The van der Waals surface area contributed by atoms with Crippen molar-refractivity contribution in [3.8, 4) is 5.75 Å². The van der Waals surface area contributed by atoms with Crippen molar-refractivity contribution in [2.45, 2.75) is 13.0 Å². The van der Waals surface area contributed by atoms with Gasteiger partial charge in [-0.2, -0.15) is 0 Å². The first-order chi connectivity index (χ1) is 14.6. The van der Waals surface area contributed by atoms with E-state index in [0.717, 1.165) is 50.6 Å². The summed E-state index contributed by atoms with van der Waals surface area (Å²) in [5.74, 6) is 0.785. The van der Waals surface area contributed by atoms with Gasteiger partial charge in [-0.15, -0.1) is 0 Å². The molecular formula is C22H27Cl2N3O3. The molecule has 2 aromatic carbocycles. The molecule has 0 saturated carbocycles. The maximum Gasteiger partial charge on any atom is 0.322 e. The summed E-state index contributed by atoms with van der Waals surface area (Å²) in [6.45, 7) is 5.43. The summed E-state index contributed by atoms with van der Waals surface area (Å²) >= 11 is 12.3. The van der Waals surface area contributed by atoms with Crippen LogP contribution in [0.15, 0.2) is 42.5 Å². The Labute approximate surface area is 187 Å². The smallest absolute Gasteiger partial charge is 0.322 e. The number of hydrogen-bond acceptors (Lipinski definition) is 4. The first-order valence-corrected chi connectivity index (χ1v) is 10.8. The molecule has 0 aliphatic carbocycles. The molecule has 0 unspecified atom stereocenters. The molecule has 0 bridgehead atoms. The number of hydrogen-bond donors (Lipinski definition) is 1. The average Bonchev–Trinajstić information content (AvgIpc) is 2.77. The van der Waals surface area contributed by atoms with Gasteiger partial charge < -0.3 is 19.7 Å². The van der Waals surface area contributed by atoms with Gasteiger partial charge in [0, 0.05) is 32.7 Å². The maximum atomic E-state index is 13.0. The highest BCUT2D eigenvalue weighted by Crippen LogP contribution is 2.29. The molecule has 6 nitrogen and oxygen atoms in total. The molecule has 0 spiro atoms. The van der Waals surface area contributed by atoms with E-state index in [9.17, 15) is 4.79 Å². The van der Waals surface area contributed by atoms with Gasteiger partial charge in [0.2, 0.25) is 0 Å². The largest absolute Gasteiger partial charge is 0.497 e. The molecule has 1 heterocycles. The van der Waals surface area contributed by atoms with Gasteiger partial charge in [0.1, 0.15) is 5.75 Å². The van der Waals surface area contributed by atoms with Crippen LogP contribution in [0.5, 0.6) is 5.75 Å². The Balaban J connectivity index is 1.66. The van der Waals surface area contributed by atoms with Crippen molar-refractivity contribution in [1.29, 1.82) is 0 Å². The van der Waals surface area contributed by atoms with Crippen LogP contribution in [0.3, 0.4) is 0 Å². The van der Waals surface area contributed by atoms with Crippen LogP contribution < -0.4 is 10.1 Å². The van der Waals surface area contributed by atoms with Crippen LogP contribution in [0.1, 0.15) is 12.0 Å². The molecule has 162 valence electrons. The van der Waals surface area contributed by atoms with E-state index in [2.05, 4.69) is 10.2 Å². The molecule has 1 aliphatic rings. The van der Waals surface area contributed by atoms with E-state index < -0.39 is 0 Å². The fourth-order valence-corrected chi connectivity index (χ4v) is 3.66. The summed E-state index contributed by atoms with van der Waals surface area (Å²) in [6.07, 6.45) is 0.868. The Morgan fingerprint density at radius 1 is 1.17 bits per heavy atom. The lowest BCUT2D eigenvalue weighted by molar-refractivity contribution is 0.0365. The average molecular weight is 452 g/mol. The van der Waals surface area contributed by atoms with Crippen molar-refractivity contribution in [3.05, 3.63) is 58.1 Å². The molecule has 30 heavy (non-hydrogen) atoms. The van der Waals surface area contributed by atoms with Crippen LogP contribution in [-0.4, -0.2) is 62.3 Å². The molecule has 8 heteroatoms. The van der Waals surface area contributed by atoms with Gasteiger partial charge in [-0.05, 0) is 36.2 Å². The minimum Gasteiger partial charge on any atom is -0.497 e. The number of halogens is 2. The number of anilines is 1. The van der Waals surface area contributed by atoms with Crippen molar-refractivity contribution in [2.75, 3.05) is 51.8 Å². The van der Waals surface area contributed by atoms with Gasteiger partial charge in [0.15, 0.2) is 0 Å². The van der Waals surface area contributed by atoms with E-state index in [1.54, 1.807) is 30.2 Å². The first kappa shape index (κ1) is 22.7.